The molecular formula is C25H20ClN9O. The van der Waals surface area contributed by atoms with Crippen molar-refractivity contribution in [1.29, 1.82) is 5.26 Å². The Morgan fingerprint density at radius 1 is 1.14 bits per heavy atom. The normalized spacial score (nSPS) is 11.9. The zero-order valence-corrected chi connectivity index (χ0v) is 20.4. The number of anilines is 1. The zero-order valence-electron chi connectivity index (χ0n) is 19.6. The number of hydrogen-bond acceptors (Lipinski definition) is 8. The number of H-pyrrole nitrogens is 1. The van der Waals surface area contributed by atoms with Crippen LogP contribution in [0.15, 0.2) is 53.3 Å². The third-order valence-electron chi connectivity index (χ3n) is 5.88. The Bertz CT molecular complexity index is 1690. The molecule has 11 heteroatoms. The molecule has 1 atom stereocenters. The molecule has 0 spiro atoms. The SMILES string of the molecule is Cc1cc([C@@H](C)Nc2ccc(Cl)nc2-c2nn[nH]n2)c2nc(-c3ccc(C#N)cc3)n(C)c(=O)c2c1. The molecule has 0 bridgehead atoms. The van der Waals surface area contributed by atoms with E-state index >= 15 is 0 Å². The minimum Gasteiger partial charge on any atom is -0.377 e. The molecule has 2 aromatic carbocycles. The van der Waals surface area contributed by atoms with E-state index in [4.69, 9.17) is 21.8 Å². The minimum absolute atomic E-state index is 0.155. The fraction of sp³-hybridized carbons (Fsp3) is 0.160. The van der Waals surface area contributed by atoms with Crippen LogP contribution in [0.3, 0.4) is 0 Å². The van der Waals surface area contributed by atoms with Crippen LogP contribution in [0.4, 0.5) is 5.69 Å². The van der Waals surface area contributed by atoms with Crippen LogP contribution in [0.2, 0.25) is 5.15 Å². The fourth-order valence-electron chi connectivity index (χ4n) is 4.13. The third-order valence-corrected chi connectivity index (χ3v) is 6.09. The smallest absolute Gasteiger partial charge is 0.261 e. The number of aromatic nitrogens is 7. The Kier molecular flexibility index (Phi) is 5.91. The lowest BCUT2D eigenvalue weighted by Gasteiger charge is -2.20. The molecule has 5 aromatic rings. The largest absolute Gasteiger partial charge is 0.377 e. The van der Waals surface area contributed by atoms with E-state index in [2.05, 4.69) is 37.0 Å². The van der Waals surface area contributed by atoms with E-state index in [9.17, 15) is 4.79 Å². The van der Waals surface area contributed by atoms with Gasteiger partial charge in [-0.3, -0.25) is 9.36 Å². The first-order chi connectivity index (χ1) is 17.4. The summed E-state index contributed by atoms with van der Waals surface area (Å²) < 4.78 is 1.53. The van der Waals surface area contributed by atoms with Crippen molar-refractivity contribution in [2.24, 2.45) is 7.05 Å². The van der Waals surface area contributed by atoms with Gasteiger partial charge in [-0.05, 0) is 67.1 Å². The maximum Gasteiger partial charge on any atom is 0.261 e. The van der Waals surface area contributed by atoms with Gasteiger partial charge in [0.05, 0.1) is 34.3 Å². The standard InChI is InChI=1S/C25H20ClN9O/c1-13-10-17(14(2)28-19-8-9-20(26)29-22(19)23-31-33-34-32-23)21-18(11-13)25(36)35(3)24(30-21)16-6-4-15(12-27)5-7-16/h4-11,14,28H,1-3H3,(H,31,32,33,34)/t14-/m1/s1. The van der Waals surface area contributed by atoms with Crippen LogP contribution in [0, 0.1) is 18.3 Å². The van der Waals surface area contributed by atoms with Gasteiger partial charge in [-0.2, -0.15) is 10.5 Å². The van der Waals surface area contributed by atoms with Crippen LogP contribution in [-0.4, -0.2) is 35.2 Å². The monoisotopic (exact) mass is 497 g/mol. The molecular weight excluding hydrogens is 478 g/mol. The molecule has 0 saturated carbocycles. The highest BCUT2D eigenvalue weighted by Crippen LogP contribution is 2.31. The number of tetrazole rings is 1. The molecule has 0 saturated heterocycles. The molecule has 3 heterocycles. The molecule has 0 aliphatic rings. The topological polar surface area (TPSA) is 138 Å². The molecule has 3 aromatic heterocycles. The van der Waals surface area contributed by atoms with Gasteiger partial charge in [0.2, 0.25) is 5.82 Å². The van der Waals surface area contributed by atoms with E-state index in [-0.39, 0.29) is 11.6 Å². The van der Waals surface area contributed by atoms with Crippen molar-refractivity contribution in [3.05, 3.63) is 80.7 Å². The number of rotatable bonds is 5. The van der Waals surface area contributed by atoms with Crippen LogP contribution >= 0.6 is 11.6 Å². The highest BCUT2D eigenvalue weighted by atomic mass is 35.5. The number of nitrogens with zero attached hydrogens (tertiary/aromatic N) is 7. The first-order valence-electron chi connectivity index (χ1n) is 11.0. The predicted octanol–water partition coefficient (Wildman–Crippen LogP) is 4.18. The summed E-state index contributed by atoms with van der Waals surface area (Å²) in [4.78, 5) is 22.7. The van der Waals surface area contributed by atoms with E-state index in [1.54, 1.807) is 43.4 Å². The van der Waals surface area contributed by atoms with Crippen LogP contribution in [0.1, 0.15) is 29.7 Å². The molecule has 0 radical (unpaired) electrons. The Morgan fingerprint density at radius 2 is 1.92 bits per heavy atom. The molecule has 36 heavy (non-hydrogen) atoms. The maximum absolute atomic E-state index is 13.4. The number of aryl methyl sites for hydroxylation is 1. The lowest BCUT2D eigenvalue weighted by atomic mass is 10.0. The van der Waals surface area contributed by atoms with Gasteiger partial charge in [0.25, 0.3) is 5.56 Å². The molecule has 2 N–H and O–H groups in total. The summed E-state index contributed by atoms with van der Waals surface area (Å²) in [5.74, 6) is 0.811. The highest BCUT2D eigenvalue weighted by Gasteiger charge is 2.20. The van der Waals surface area contributed by atoms with Gasteiger partial charge >= 0.3 is 0 Å². The van der Waals surface area contributed by atoms with Crippen LogP contribution in [0.25, 0.3) is 33.8 Å². The maximum atomic E-state index is 13.4. The number of pyridine rings is 1. The summed E-state index contributed by atoms with van der Waals surface area (Å²) >= 11 is 6.12. The van der Waals surface area contributed by atoms with Crippen molar-refractivity contribution in [3.63, 3.8) is 0 Å². The van der Waals surface area contributed by atoms with Crippen molar-refractivity contribution in [3.8, 4) is 29.0 Å². The van der Waals surface area contributed by atoms with E-state index in [1.165, 1.54) is 4.57 Å². The summed E-state index contributed by atoms with van der Waals surface area (Å²) in [7, 11) is 1.70. The van der Waals surface area contributed by atoms with Crippen molar-refractivity contribution in [2.75, 3.05) is 5.32 Å². The fourth-order valence-corrected chi connectivity index (χ4v) is 4.28. The highest BCUT2D eigenvalue weighted by molar-refractivity contribution is 6.29. The van der Waals surface area contributed by atoms with Gasteiger partial charge < -0.3 is 5.32 Å². The average Bonchev–Trinajstić information content (AvgIpc) is 3.42. The number of aromatic amines is 1. The number of benzene rings is 2. The lowest BCUT2D eigenvalue weighted by molar-refractivity contribution is 0.845. The van der Waals surface area contributed by atoms with Gasteiger partial charge in [0, 0.05) is 18.2 Å². The van der Waals surface area contributed by atoms with Crippen molar-refractivity contribution in [2.45, 2.75) is 19.9 Å². The van der Waals surface area contributed by atoms with Crippen LogP contribution in [-0.2, 0) is 7.05 Å². The number of nitrogens with one attached hydrogen (secondary N) is 2. The van der Waals surface area contributed by atoms with Crippen molar-refractivity contribution in [1.82, 2.24) is 35.2 Å². The minimum atomic E-state index is -0.269. The second-order valence-electron chi connectivity index (χ2n) is 8.37. The molecule has 0 unspecified atom stereocenters. The molecule has 5 rings (SSSR count). The Balaban J connectivity index is 1.64. The third kappa shape index (κ3) is 4.16. The molecule has 0 aliphatic heterocycles. The molecule has 0 amide bonds. The molecule has 0 fully saturated rings. The van der Waals surface area contributed by atoms with E-state index in [1.807, 2.05) is 26.0 Å². The zero-order chi connectivity index (χ0) is 25.4. The Hall–Kier alpha value is -4.62. The Labute approximate surface area is 210 Å². The average molecular weight is 498 g/mol. The van der Waals surface area contributed by atoms with Gasteiger partial charge in [0.15, 0.2) is 0 Å². The molecule has 10 nitrogen and oxygen atoms in total. The Morgan fingerprint density at radius 3 is 2.61 bits per heavy atom. The van der Waals surface area contributed by atoms with Gasteiger partial charge in [-0.15, -0.1) is 10.2 Å². The quantitative estimate of drug-likeness (QED) is 0.345. The number of nitriles is 1. The van der Waals surface area contributed by atoms with Gasteiger partial charge in [0.1, 0.15) is 16.7 Å². The summed E-state index contributed by atoms with van der Waals surface area (Å²) in [5, 5.41) is 27.5. The van der Waals surface area contributed by atoms with Crippen LogP contribution in [0.5, 0.6) is 0 Å². The number of fused-ring (bicyclic) bond motifs is 1. The van der Waals surface area contributed by atoms with E-state index < -0.39 is 0 Å². The molecule has 178 valence electrons. The summed E-state index contributed by atoms with van der Waals surface area (Å²) in [6, 6.07) is 16.2. The first kappa shape index (κ1) is 23.1. The van der Waals surface area contributed by atoms with E-state index in [0.29, 0.717) is 44.6 Å². The van der Waals surface area contributed by atoms with Gasteiger partial charge in [-0.25, -0.2) is 9.97 Å². The van der Waals surface area contributed by atoms with Gasteiger partial charge in [-0.1, -0.05) is 17.7 Å². The van der Waals surface area contributed by atoms with Crippen molar-refractivity contribution >= 4 is 28.2 Å². The second kappa shape index (κ2) is 9.20. The van der Waals surface area contributed by atoms with Crippen molar-refractivity contribution < 1.29 is 0 Å². The number of hydrogen-bond donors (Lipinski definition) is 2. The number of halogens is 1. The molecule has 0 aliphatic carbocycles. The van der Waals surface area contributed by atoms with E-state index in [0.717, 1.165) is 16.7 Å². The summed E-state index contributed by atoms with van der Waals surface area (Å²) in [5.41, 5.74) is 4.58. The second-order valence-corrected chi connectivity index (χ2v) is 8.76. The first-order valence-corrected chi connectivity index (χ1v) is 11.4. The predicted molar refractivity (Wildman–Crippen MR) is 136 cm³/mol. The summed E-state index contributed by atoms with van der Waals surface area (Å²) in [6.07, 6.45) is 0. The summed E-state index contributed by atoms with van der Waals surface area (Å²) in [6.45, 7) is 3.92. The lowest BCUT2D eigenvalue weighted by Crippen LogP contribution is -2.22. The van der Waals surface area contributed by atoms with Crippen LogP contribution < -0.4 is 10.9 Å².